The van der Waals surface area contributed by atoms with Gasteiger partial charge in [0, 0.05) is 11.8 Å². The van der Waals surface area contributed by atoms with Gasteiger partial charge in [0.05, 0.1) is 7.11 Å². The Balaban J connectivity index is 2.28. The van der Waals surface area contributed by atoms with Gasteiger partial charge in [-0.3, -0.25) is 0 Å². The van der Waals surface area contributed by atoms with Gasteiger partial charge in [-0.2, -0.15) is 5.21 Å². The number of nitrogens with zero attached hydrogens (tertiary/aromatic N) is 4. The van der Waals surface area contributed by atoms with E-state index in [2.05, 4.69) is 25.6 Å². The van der Waals surface area contributed by atoms with Crippen molar-refractivity contribution in [2.24, 2.45) is 4.99 Å². The molecule has 1 aromatic heterocycles. The Morgan fingerprint density at radius 2 is 2.38 bits per heavy atom. The summed E-state index contributed by atoms with van der Waals surface area (Å²) >= 11 is 0. The Hall–Kier alpha value is -2.44. The molecule has 1 heterocycles. The van der Waals surface area contributed by atoms with Crippen molar-refractivity contribution in [3.8, 4) is 11.5 Å². The number of hydrogen-bond donors (Lipinski definition) is 2. The number of hydrogen-bond acceptors (Lipinski definition) is 6. The SMILES string of the molecule is COc1cccc(/C=N/c2nn[nH]n2)c1O. The molecule has 7 nitrogen and oxygen atoms in total. The molecule has 0 unspecified atom stereocenters. The molecule has 0 aliphatic heterocycles. The van der Waals surface area contributed by atoms with Gasteiger partial charge in [-0.1, -0.05) is 11.2 Å². The lowest BCUT2D eigenvalue weighted by Gasteiger charge is -2.04. The summed E-state index contributed by atoms with van der Waals surface area (Å²) in [5.74, 6) is 0.608. The van der Waals surface area contributed by atoms with E-state index in [4.69, 9.17) is 4.74 Å². The van der Waals surface area contributed by atoms with Gasteiger partial charge in [0.25, 0.3) is 5.95 Å². The van der Waals surface area contributed by atoms with Crippen LogP contribution in [0, 0.1) is 0 Å². The van der Waals surface area contributed by atoms with Crippen molar-refractivity contribution in [3.05, 3.63) is 23.8 Å². The number of aliphatic imine (C=N–C) groups is 1. The Kier molecular flexibility index (Phi) is 2.77. The fraction of sp³-hybridized carbons (Fsp3) is 0.111. The maximum absolute atomic E-state index is 9.74. The molecule has 0 bridgehead atoms. The van der Waals surface area contributed by atoms with Gasteiger partial charge in [0.15, 0.2) is 11.5 Å². The third-order valence-electron chi connectivity index (χ3n) is 1.90. The molecule has 0 spiro atoms. The van der Waals surface area contributed by atoms with Crippen molar-refractivity contribution >= 4 is 12.2 Å². The van der Waals surface area contributed by atoms with Gasteiger partial charge in [0.1, 0.15) is 0 Å². The molecule has 2 aromatic rings. The highest BCUT2D eigenvalue weighted by Gasteiger charge is 2.04. The third kappa shape index (κ3) is 1.97. The minimum absolute atomic E-state index is 0.0252. The number of phenolic OH excluding ortho intramolecular Hbond substituents is 1. The number of nitrogens with one attached hydrogen (secondary N) is 1. The largest absolute Gasteiger partial charge is 0.504 e. The maximum atomic E-state index is 9.74. The van der Waals surface area contributed by atoms with Crippen molar-refractivity contribution in [3.63, 3.8) is 0 Å². The number of aromatic nitrogens is 4. The van der Waals surface area contributed by atoms with Crippen LogP contribution in [0.5, 0.6) is 11.5 Å². The summed E-state index contributed by atoms with van der Waals surface area (Å²) in [6, 6.07) is 5.10. The van der Waals surface area contributed by atoms with Gasteiger partial charge < -0.3 is 9.84 Å². The van der Waals surface area contributed by atoms with Crippen LogP contribution in [0.15, 0.2) is 23.2 Å². The first kappa shape index (κ1) is 10.1. The van der Waals surface area contributed by atoms with Gasteiger partial charge in [-0.05, 0) is 17.3 Å². The number of H-pyrrole nitrogens is 1. The molecule has 0 aliphatic carbocycles. The number of ether oxygens (including phenoxy) is 1. The van der Waals surface area contributed by atoms with Crippen LogP contribution < -0.4 is 4.74 Å². The quantitative estimate of drug-likeness (QED) is 0.739. The fourth-order valence-corrected chi connectivity index (χ4v) is 1.15. The van der Waals surface area contributed by atoms with Crippen molar-refractivity contribution in [1.82, 2.24) is 20.6 Å². The molecule has 82 valence electrons. The van der Waals surface area contributed by atoms with Gasteiger partial charge in [-0.25, -0.2) is 4.99 Å². The van der Waals surface area contributed by atoms with Crippen LogP contribution in [-0.2, 0) is 0 Å². The van der Waals surface area contributed by atoms with Crippen LogP contribution >= 0.6 is 0 Å². The molecular formula is C9H9N5O2. The lowest BCUT2D eigenvalue weighted by atomic mass is 10.2. The van der Waals surface area contributed by atoms with E-state index in [1.165, 1.54) is 13.3 Å². The Labute approximate surface area is 90.8 Å². The van der Waals surface area contributed by atoms with E-state index >= 15 is 0 Å². The van der Waals surface area contributed by atoms with Crippen molar-refractivity contribution < 1.29 is 9.84 Å². The summed E-state index contributed by atoms with van der Waals surface area (Å²) in [5, 5.41) is 22.7. The lowest BCUT2D eigenvalue weighted by Crippen LogP contribution is -1.88. The average molecular weight is 219 g/mol. The number of aromatic amines is 1. The summed E-state index contributed by atoms with van der Waals surface area (Å²) in [4.78, 5) is 3.92. The molecule has 0 saturated carbocycles. The van der Waals surface area contributed by atoms with E-state index in [1.807, 2.05) is 0 Å². The summed E-state index contributed by atoms with van der Waals surface area (Å²) in [6.07, 6.45) is 1.43. The topological polar surface area (TPSA) is 96.3 Å². The Morgan fingerprint density at radius 1 is 1.50 bits per heavy atom. The number of phenols is 1. The summed E-state index contributed by atoms with van der Waals surface area (Å²) in [7, 11) is 1.48. The van der Waals surface area contributed by atoms with E-state index < -0.39 is 0 Å². The number of rotatable bonds is 3. The highest BCUT2D eigenvalue weighted by Crippen LogP contribution is 2.28. The van der Waals surface area contributed by atoms with Crippen LogP contribution in [0.2, 0.25) is 0 Å². The van der Waals surface area contributed by atoms with Crippen LogP contribution in [0.25, 0.3) is 0 Å². The molecule has 0 aliphatic rings. The van der Waals surface area contributed by atoms with E-state index in [0.717, 1.165) is 0 Å². The first-order chi connectivity index (χ1) is 7.81. The van der Waals surface area contributed by atoms with Gasteiger partial charge >= 0.3 is 0 Å². The molecule has 0 fully saturated rings. The standard InChI is InChI=1S/C9H9N5O2/c1-16-7-4-2-3-6(8(7)15)5-10-9-11-13-14-12-9/h2-5,15H,1H3,(H,11,12,13,14)/b10-5+. The maximum Gasteiger partial charge on any atom is 0.288 e. The van der Waals surface area contributed by atoms with Crippen molar-refractivity contribution in [2.75, 3.05) is 7.11 Å². The molecule has 1 aromatic carbocycles. The molecule has 0 saturated heterocycles. The highest BCUT2D eigenvalue weighted by atomic mass is 16.5. The molecule has 2 rings (SSSR count). The van der Waals surface area contributed by atoms with Crippen LogP contribution in [-0.4, -0.2) is 39.1 Å². The van der Waals surface area contributed by atoms with E-state index in [1.54, 1.807) is 18.2 Å². The normalized spacial score (nSPS) is 10.8. The predicted octanol–water partition coefficient (Wildman–Crippen LogP) is 0.664. The van der Waals surface area contributed by atoms with Crippen LogP contribution in [0.1, 0.15) is 5.56 Å². The van der Waals surface area contributed by atoms with E-state index in [0.29, 0.717) is 11.3 Å². The molecule has 2 N–H and O–H groups in total. The molecule has 0 radical (unpaired) electrons. The lowest BCUT2D eigenvalue weighted by molar-refractivity contribution is 0.373. The zero-order chi connectivity index (χ0) is 11.4. The number of benzene rings is 1. The average Bonchev–Trinajstić information content (AvgIpc) is 2.81. The van der Waals surface area contributed by atoms with E-state index in [9.17, 15) is 5.11 Å². The van der Waals surface area contributed by atoms with Gasteiger partial charge in [0.2, 0.25) is 0 Å². The second-order valence-electron chi connectivity index (χ2n) is 2.87. The zero-order valence-corrected chi connectivity index (χ0v) is 8.45. The zero-order valence-electron chi connectivity index (χ0n) is 8.45. The Morgan fingerprint density at radius 3 is 3.06 bits per heavy atom. The second kappa shape index (κ2) is 4.39. The minimum Gasteiger partial charge on any atom is -0.504 e. The molecule has 0 amide bonds. The number of para-hydroxylation sites is 1. The Bertz CT molecular complexity index is 495. The van der Waals surface area contributed by atoms with Gasteiger partial charge in [-0.15, -0.1) is 5.10 Å². The second-order valence-corrected chi connectivity index (χ2v) is 2.87. The predicted molar refractivity (Wildman–Crippen MR) is 56.1 cm³/mol. The molecule has 7 heteroatoms. The minimum atomic E-state index is 0.0252. The third-order valence-corrected chi connectivity index (χ3v) is 1.90. The smallest absolute Gasteiger partial charge is 0.288 e. The van der Waals surface area contributed by atoms with E-state index in [-0.39, 0.29) is 11.7 Å². The molecule has 0 atom stereocenters. The van der Waals surface area contributed by atoms with Crippen molar-refractivity contribution in [1.29, 1.82) is 0 Å². The van der Waals surface area contributed by atoms with Crippen LogP contribution in [0.4, 0.5) is 5.95 Å². The number of tetrazole rings is 1. The van der Waals surface area contributed by atoms with Crippen molar-refractivity contribution in [2.45, 2.75) is 0 Å². The summed E-state index contributed by atoms with van der Waals surface area (Å²) < 4.78 is 4.96. The number of aromatic hydroxyl groups is 1. The highest BCUT2D eigenvalue weighted by molar-refractivity contribution is 5.85. The molecule has 16 heavy (non-hydrogen) atoms. The first-order valence-corrected chi connectivity index (χ1v) is 4.44. The summed E-state index contributed by atoms with van der Waals surface area (Å²) in [5.41, 5.74) is 0.518. The first-order valence-electron chi connectivity index (χ1n) is 4.44. The van der Waals surface area contributed by atoms with Crippen LogP contribution in [0.3, 0.4) is 0 Å². The summed E-state index contributed by atoms with van der Waals surface area (Å²) in [6.45, 7) is 0. The fourth-order valence-electron chi connectivity index (χ4n) is 1.15. The number of methoxy groups -OCH3 is 1. The monoisotopic (exact) mass is 219 g/mol. The molecular weight excluding hydrogens is 210 g/mol.